The first-order valence-electron chi connectivity index (χ1n) is 11.7. The Bertz CT molecular complexity index is 1300. The minimum Gasteiger partial charge on any atom is -0.462 e. The first kappa shape index (κ1) is 29.6. The maximum absolute atomic E-state index is 13.7. The van der Waals surface area contributed by atoms with E-state index in [1.807, 2.05) is 0 Å². The average molecular weight is 569 g/mol. The number of hydrogen-bond acceptors (Lipinski definition) is 10. The molecule has 0 saturated carbocycles. The number of rotatable bonds is 10. The summed E-state index contributed by atoms with van der Waals surface area (Å²) in [7, 11) is -4.26. The zero-order valence-corrected chi connectivity index (χ0v) is 22.9. The second-order valence-corrected chi connectivity index (χ2v) is 11.0. The zero-order valence-electron chi connectivity index (χ0n) is 21.2. The number of ether oxygens (including phenoxy) is 2. The van der Waals surface area contributed by atoms with Crippen molar-refractivity contribution < 1.29 is 33.0 Å². The van der Waals surface area contributed by atoms with Crippen molar-refractivity contribution in [2.24, 2.45) is 0 Å². The average Bonchev–Trinajstić information content (AvgIpc) is 3.08. The van der Waals surface area contributed by atoms with Crippen molar-refractivity contribution in [3.8, 4) is 17.6 Å². The van der Waals surface area contributed by atoms with Crippen LogP contribution in [0.5, 0.6) is 5.75 Å². The van der Waals surface area contributed by atoms with Gasteiger partial charge in [0.2, 0.25) is 0 Å². The van der Waals surface area contributed by atoms with E-state index in [4.69, 9.17) is 35.9 Å². The van der Waals surface area contributed by atoms with Crippen molar-refractivity contribution in [3.05, 3.63) is 53.1 Å². The number of aromatic nitrogens is 2. The van der Waals surface area contributed by atoms with Crippen molar-refractivity contribution in [2.45, 2.75) is 63.2 Å². The van der Waals surface area contributed by atoms with Gasteiger partial charge in [-0.15, -0.1) is 5.92 Å². The zero-order chi connectivity index (χ0) is 28.1. The Morgan fingerprint density at radius 3 is 2.63 bits per heavy atom. The first-order chi connectivity index (χ1) is 17.9. The Morgan fingerprint density at radius 2 is 2.03 bits per heavy atom. The standard InChI is InChI=1S/C24H30ClN4O8P/c1-5-12-24(25)20(30)18(36-22(24)29-13-11-19(26)27-23(29)32)14-34-38(33,37-17-9-7-6-8-10-17)28-16(4)21(31)35-15(2)3/h6-11,13,15-16,18,20,22,30H,14H2,1-4H3,(H,28,33)(H2,26,27,32)/t16-,18+,20-,22+,24+,38?/m0/s1. The van der Waals surface area contributed by atoms with Crippen molar-refractivity contribution in [3.63, 3.8) is 0 Å². The monoisotopic (exact) mass is 568 g/mol. The minimum absolute atomic E-state index is 0.0124. The van der Waals surface area contributed by atoms with Crippen LogP contribution in [-0.2, 0) is 23.4 Å². The van der Waals surface area contributed by atoms with Gasteiger partial charge in [0.15, 0.2) is 11.1 Å². The number of nitrogens with two attached hydrogens (primary N) is 1. The Kier molecular flexibility index (Phi) is 9.59. The van der Waals surface area contributed by atoms with Crippen LogP contribution < -0.4 is 21.0 Å². The summed E-state index contributed by atoms with van der Waals surface area (Å²) >= 11 is 6.68. The molecule has 6 atom stereocenters. The number of para-hydroxylation sites is 1. The third-order valence-corrected chi connectivity index (χ3v) is 7.45. The van der Waals surface area contributed by atoms with Crippen LogP contribution in [0.1, 0.15) is 33.9 Å². The lowest BCUT2D eigenvalue weighted by Gasteiger charge is -2.26. The van der Waals surface area contributed by atoms with Crippen LogP contribution >= 0.6 is 19.3 Å². The summed E-state index contributed by atoms with van der Waals surface area (Å²) in [5.41, 5.74) is 4.80. The molecule has 0 spiro atoms. The third-order valence-electron chi connectivity index (χ3n) is 5.30. The van der Waals surface area contributed by atoms with Crippen LogP contribution in [0.4, 0.5) is 5.82 Å². The number of alkyl halides is 1. The number of nitrogens with one attached hydrogen (secondary N) is 1. The Hall–Kier alpha value is -2.91. The van der Waals surface area contributed by atoms with Gasteiger partial charge in [0.1, 0.15) is 29.8 Å². The summed E-state index contributed by atoms with van der Waals surface area (Å²) in [6.45, 7) is 5.78. The van der Waals surface area contributed by atoms with E-state index in [2.05, 4.69) is 21.9 Å². The van der Waals surface area contributed by atoms with Crippen LogP contribution in [-0.4, -0.2) is 56.5 Å². The van der Waals surface area contributed by atoms with Crippen molar-refractivity contribution in [1.29, 1.82) is 0 Å². The minimum atomic E-state index is -4.26. The van der Waals surface area contributed by atoms with Crippen LogP contribution in [0.3, 0.4) is 0 Å². The number of benzene rings is 1. The second-order valence-electron chi connectivity index (χ2n) is 8.69. The molecule has 12 nitrogen and oxygen atoms in total. The van der Waals surface area contributed by atoms with Gasteiger partial charge in [-0.1, -0.05) is 35.7 Å². The number of nitrogens with zero attached hydrogens (tertiary/aromatic N) is 2. The fraction of sp³-hybridized carbons (Fsp3) is 0.458. The van der Waals surface area contributed by atoms with Crippen molar-refractivity contribution in [1.82, 2.24) is 14.6 Å². The number of esters is 1. The fourth-order valence-corrected chi connectivity index (χ4v) is 5.49. The summed E-state index contributed by atoms with van der Waals surface area (Å²) < 4.78 is 37.0. The Balaban J connectivity index is 1.86. The van der Waals surface area contributed by atoms with E-state index in [0.717, 1.165) is 4.57 Å². The summed E-state index contributed by atoms with van der Waals surface area (Å²) in [6.07, 6.45) is -3.09. The van der Waals surface area contributed by atoms with Gasteiger partial charge in [0, 0.05) is 6.20 Å². The van der Waals surface area contributed by atoms with E-state index < -0.39 is 61.5 Å². The predicted octanol–water partition coefficient (Wildman–Crippen LogP) is 2.22. The molecule has 14 heteroatoms. The maximum atomic E-state index is 13.7. The van der Waals surface area contributed by atoms with E-state index >= 15 is 0 Å². The topological polar surface area (TPSA) is 164 Å². The molecular formula is C24H30ClN4O8P. The van der Waals surface area contributed by atoms with Gasteiger partial charge in [-0.3, -0.25) is 13.9 Å². The van der Waals surface area contributed by atoms with Gasteiger partial charge in [-0.25, -0.2) is 9.36 Å². The number of aliphatic hydroxyl groups excluding tert-OH is 1. The molecule has 4 N–H and O–H groups in total. The van der Waals surface area contributed by atoms with E-state index in [9.17, 15) is 19.3 Å². The molecule has 2 heterocycles. The number of carbonyl (C=O) groups excluding carboxylic acids is 1. The van der Waals surface area contributed by atoms with Gasteiger partial charge >= 0.3 is 19.4 Å². The van der Waals surface area contributed by atoms with E-state index in [-0.39, 0.29) is 11.6 Å². The molecule has 38 heavy (non-hydrogen) atoms. The maximum Gasteiger partial charge on any atom is 0.459 e. The first-order valence-corrected chi connectivity index (χ1v) is 13.6. The molecule has 1 aromatic carbocycles. The highest BCUT2D eigenvalue weighted by Crippen LogP contribution is 2.48. The van der Waals surface area contributed by atoms with Crippen molar-refractivity contribution in [2.75, 3.05) is 12.3 Å². The Morgan fingerprint density at radius 1 is 1.34 bits per heavy atom. The molecule has 3 rings (SSSR count). The number of halogens is 1. The summed E-state index contributed by atoms with van der Waals surface area (Å²) in [5, 5.41) is 13.6. The molecule has 0 bridgehead atoms. The highest BCUT2D eigenvalue weighted by molar-refractivity contribution is 7.52. The summed E-state index contributed by atoms with van der Waals surface area (Å²) in [4.78, 5) is 26.7. The van der Waals surface area contributed by atoms with Gasteiger partial charge in [-0.05, 0) is 45.9 Å². The van der Waals surface area contributed by atoms with Gasteiger partial charge < -0.3 is 24.8 Å². The molecule has 206 valence electrons. The Labute approximate surface area is 225 Å². The van der Waals surface area contributed by atoms with E-state index in [1.54, 1.807) is 44.2 Å². The molecule has 2 aromatic rings. The van der Waals surface area contributed by atoms with Crippen LogP contribution in [0, 0.1) is 11.8 Å². The van der Waals surface area contributed by atoms with E-state index in [0.29, 0.717) is 0 Å². The number of nitrogen functional groups attached to an aromatic ring is 1. The highest BCUT2D eigenvalue weighted by atomic mass is 35.5. The quantitative estimate of drug-likeness (QED) is 0.166. The lowest BCUT2D eigenvalue weighted by molar-refractivity contribution is -0.149. The highest BCUT2D eigenvalue weighted by Gasteiger charge is 2.56. The van der Waals surface area contributed by atoms with Gasteiger partial charge in [-0.2, -0.15) is 10.1 Å². The molecule has 1 fully saturated rings. The lowest BCUT2D eigenvalue weighted by atomic mass is 9.99. The smallest absolute Gasteiger partial charge is 0.459 e. The lowest BCUT2D eigenvalue weighted by Crippen LogP contribution is -2.43. The molecular weight excluding hydrogens is 539 g/mol. The number of anilines is 1. The van der Waals surface area contributed by atoms with Gasteiger partial charge in [0.05, 0.1) is 12.7 Å². The molecule has 1 aliphatic heterocycles. The van der Waals surface area contributed by atoms with Crippen LogP contribution in [0.25, 0.3) is 0 Å². The number of carbonyl (C=O) groups is 1. The van der Waals surface area contributed by atoms with Crippen LogP contribution in [0.2, 0.25) is 0 Å². The molecule has 0 aliphatic carbocycles. The SMILES string of the molecule is CC#C[C@@]1(Cl)[C@@H](O)[C@@H](COP(=O)(N[C@@H](C)C(=O)OC(C)C)Oc2ccccc2)O[C@H]1n1ccc(N)nc1=O. The van der Waals surface area contributed by atoms with E-state index in [1.165, 1.54) is 26.1 Å². The fourth-order valence-electron chi connectivity index (χ4n) is 3.59. The third kappa shape index (κ3) is 6.94. The predicted molar refractivity (Wildman–Crippen MR) is 139 cm³/mol. The number of aliphatic hydroxyl groups is 1. The van der Waals surface area contributed by atoms with Gasteiger partial charge in [0.25, 0.3) is 0 Å². The summed E-state index contributed by atoms with van der Waals surface area (Å²) in [6, 6.07) is 8.44. The molecule has 1 aliphatic rings. The summed E-state index contributed by atoms with van der Waals surface area (Å²) in [5.74, 6) is 4.82. The largest absolute Gasteiger partial charge is 0.462 e. The normalized spacial score (nSPS) is 25.2. The second kappa shape index (κ2) is 12.3. The number of hydrogen-bond donors (Lipinski definition) is 3. The molecule has 1 aromatic heterocycles. The molecule has 0 radical (unpaired) electrons. The molecule has 1 unspecified atom stereocenters. The molecule has 0 amide bonds. The van der Waals surface area contributed by atoms with Crippen LogP contribution in [0.15, 0.2) is 47.4 Å². The van der Waals surface area contributed by atoms with Crippen molar-refractivity contribution >= 4 is 31.1 Å². The molecule has 1 saturated heterocycles.